The van der Waals surface area contributed by atoms with E-state index in [0.717, 1.165) is 50.5 Å². The van der Waals surface area contributed by atoms with E-state index in [0.29, 0.717) is 29.4 Å². The van der Waals surface area contributed by atoms with Crippen molar-refractivity contribution in [2.75, 3.05) is 53.9 Å². The molecule has 0 aromatic heterocycles. The molecule has 1 fully saturated rings. The molecule has 1 atom stereocenters. The highest BCUT2D eigenvalue weighted by Gasteiger charge is 2.30. The molecule has 8 heteroatoms. The molecule has 0 saturated carbocycles. The smallest absolute Gasteiger partial charge is 0.231 e. The van der Waals surface area contributed by atoms with E-state index in [2.05, 4.69) is 10.1 Å². The summed E-state index contributed by atoms with van der Waals surface area (Å²) < 4.78 is 27.5. The molecule has 26 heavy (non-hydrogen) atoms. The average molecular weight is 364 g/mol. The lowest BCUT2D eigenvalue weighted by atomic mass is 10.0. The molecule has 1 aromatic rings. The molecule has 1 aromatic carbocycles. The maximum Gasteiger partial charge on any atom is 0.231 e. The Morgan fingerprint density at radius 1 is 1.15 bits per heavy atom. The summed E-state index contributed by atoms with van der Waals surface area (Å²) in [6.07, 6.45) is 1.44. The van der Waals surface area contributed by atoms with Gasteiger partial charge in [0.15, 0.2) is 11.5 Å². The fourth-order valence-corrected chi connectivity index (χ4v) is 3.56. The molecule has 0 radical (unpaired) electrons. The lowest BCUT2D eigenvalue weighted by molar-refractivity contribution is 0.0450. The van der Waals surface area contributed by atoms with E-state index in [9.17, 15) is 0 Å². The zero-order chi connectivity index (χ0) is 17.9. The second-order valence-electron chi connectivity index (χ2n) is 6.52. The number of hydrogen-bond acceptors (Lipinski definition) is 8. The van der Waals surface area contributed by atoms with Crippen molar-refractivity contribution in [3.05, 3.63) is 11.6 Å². The van der Waals surface area contributed by atoms with Gasteiger partial charge in [-0.05, 0) is 6.07 Å². The number of hydrogen-bond donors (Lipinski definition) is 0. The Morgan fingerprint density at radius 2 is 1.96 bits per heavy atom. The van der Waals surface area contributed by atoms with Crippen molar-refractivity contribution in [2.45, 2.75) is 18.9 Å². The molecular weight excluding hydrogens is 340 g/mol. The van der Waals surface area contributed by atoms with Crippen molar-refractivity contribution in [2.24, 2.45) is 5.16 Å². The van der Waals surface area contributed by atoms with Crippen LogP contribution in [-0.4, -0.2) is 70.6 Å². The minimum atomic E-state index is -0.0231. The van der Waals surface area contributed by atoms with Crippen LogP contribution in [0.15, 0.2) is 11.2 Å². The highest BCUT2D eigenvalue weighted by atomic mass is 16.7. The zero-order valence-corrected chi connectivity index (χ0v) is 15.2. The lowest BCUT2D eigenvalue weighted by Crippen LogP contribution is -2.39. The summed E-state index contributed by atoms with van der Waals surface area (Å²) in [4.78, 5) is 8.01. The molecule has 0 N–H and O–H groups in total. The number of ether oxygens (including phenoxy) is 5. The van der Waals surface area contributed by atoms with Gasteiger partial charge >= 0.3 is 0 Å². The first-order valence-corrected chi connectivity index (χ1v) is 8.83. The fourth-order valence-electron chi connectivity index (χ4n) is 3.56. The van der Waals surface area contributed by atoms with E-state index in [1.54, 1.807) is 14.2 Å². The van der Waals surface area contributed by atoms with Gasteiger partial charge in [-0.1, -0.05) is 5.16 Å². The number of morpholine rings is 1. The predicted molar refractivity (Wildman–Crippen MR) is 93.6 cm³/mol. The maximum absolute atomic E-state index is 5.67. The predicted octanol–water partition coefficient (Wildman–Crippen LogP) is 1.45. The number of fused-ring (bicyclic) bond motifs is 1. The Hall–Kier alpha value is -2.19. The van der Waals surface area contributed by atoms with E-state index in [-0.39, 0.29) is 12.9 Å². The van der Waals surface area contributed by atoms with Crippen LogP contribution in [0.3, 0.4) is 0 Å². The summed E-state index contributed by atoms with van der Waals surface area (Å²) in [5.74, 6) is 2.47. The topological polar surface area (TPSA) is 71.0 Å². The normalized spacial score (nSPS) is 22.1. The van der Waals surface area contributed by atoms with Crippen molar-refractivity contribution in [3.8, 4) is 23.0 Å². The number of methoxy groups -OCH3 is 2. The Bertz CT molecular complexity index is 687. The third kappa shape index (κ3) is 3.39. The summed E-state index contributed by atoms with van der Waals surface area (Å²) in [6.45, 7) is 4.47. The molecule has 3 aliphatic heterocycles. The largest absolute Gasteiger partial charge is 0.492 e. The maximum atomic E-state index is 5.67. The van der Waals surface area contributed by atoms with E-state index in [1.165, 1.54) is 0 Å². The van der Waals surface area contributed by atoms with Crippen molar-refractivity contribution in [1.29, 1.82) is 0 Å². The molecule has 0 bridgehead atoms. The second kappa shape index (κ2) is 7.59. The molecule has 4 rings (SSSR count). The molecule has 3 aliphatic rings. The summed E-state index contributed by atoms with van der Waals surface area (Å²) in [7, 11) is 3.22. The van der Waals surface area contributed by atoms with Crippen molar-refractivity contribution in [3.63, 3.8) is 0 Å². The van der Waals surface area contributed by atoms with Gasteiger partial charge in [0.25, 0.3) is 0 Å². The van der Waals surface area contributed by atoms with Crippen LogP contribution in [0.5, 0.6) is 23.0 Å². The van der Waals surface area contributed by atoms with Crippen LogP contribution in [0.25, 0.3) is 0 Å². The first kappa shape index (κ1) is 17.2. The van der Waals surface area contributed by atoms with Gasteiger partial charge in [0.05, 0.1) is 33.1 Å². The summed E-state index contributed by atoms with van der Waals surface area (Å²) in [6, 6.07) is 1.94. The fraction of sp³-hybridized carbons (Fsp3) is 0.611. The molecule has 8 nitrogen and oxygen atoms in total. The van der Waals surface area contributed by atoms with Crippen LogP contribution in [0.2, 0.25) is 0 Å². The number of benzene rings is 1. The first-order chi connectivity index (χ1) is 12.8. The van der Waals surface area contributed by atoms with Crippen molar-refractivity contribution < 1.29 is 28.5 Å². The van der Waals surface area contributed by atoms with E-state index >= 15 is 0 Å². The van der Waals surface area contributed by atoms with Gasteiger partial charge in [-0.25, -0.2) is 0 Å². The minimum Gasteiger partial charge on any atom is -0.492 e. The van der Waals surface area contributed by atoms with Crippen molar-refractivity contribution in [1.82, 2.24) is 4.90 Å². The molecule has 3 heterocycles. The van der Waals surface area contributed by atoms with Crippen LogP contribution in [0.1, 0.15) is 12.0 Å². The standard InChI is InChI=1S/C18H24N2O6/c1-21-16-12(8-15-17(18(16)22-2)25-11-24-15)7-14-9-13(19-26-14)10-20-3-5-23-6-4-20/h8,14H,3-7,9-11H2,1-2H3. The monoisotopic (exact) mass is 364 g/mol. The highest BCUT2D eigenvalue weighted by Crippen LogP contribution is 2.49. The molecular formula is C18H24N2O6. The first-order valence-electron chi connectivity index (χ1n) is 8.83. The molecule has 0 aliphatic carbocycles. The van der Waals surface area contributed by atoms with Crippen LogP contribution in [-0.2, 0) is 16.0 Å². The van der Waals surface area contributed by atoms with Gasteiger partial charge < -0.3 is 28.5 Å². The number of oxime groups is 1. The van der Waals surface area contributed by atoms with E-state index < -0.39 is 0 Å². The van der Waals surface area contributed by atoms with Crippen LogP contribution in [0.4, 0.5) is 0 Å². The Morgan fingerprint density at radius 3 is 2.73 bits per heavy atom. The molecule has 1 saturated heterocycles. The third-order valence-electron chi connectivity index (χ3n) is 4.81. The van der Waals surface area contributed by atoms with Crippen LogP contribution in [0, 0.1) is 0 Å². The molecule has 142 valence electrons. The minimum absolute atomic E-state index is 0.0231. The lowest BCUT2D eigenvalue weighted by Gasteiger charge is -2.26. The Labute approximate surface area is 152 Å². The van der Waals surface area contributed by atoms with Crippen molar-refractivity contribution >= 4 is 5.71 Å². The summed E-state index contributed by atoms with van der Waals surface area (Å²) in [5.41, 5.74) is 2.03. The van der Waals surface area contributed by atoms with E-state index in [4.69, 9.17) is 28.5 Å². The SMILES string of the molecule is COc1c(CC2CC(CN3CCOCC3)=NO2)cc2c(c1OC)OCO2. The molecule has 1 unspecified atom stereocenters. The molecule has 0 spiro atoms. The van der Waals surface area contributed by atoms with Gasteiger partial charge in [0.1, 0.15) is 6.10 Å². The average Bonchev–Trinajstić information content (AvgIpc) is 3.30. The van der Waals surface area contributed by atoms with E-state index in [1.807, 2.05) is 6.07 Å². The summed E-state index contributed by atoms with van der Waals surface area (Å²) >= 11 is 0. The Kier molecular flexibility index (Phi) is 5.03. The highest BCUT2D eigenvalue weighted by molar-refractivity contribution is 5.87. The van der Waals surface area contributed by atoms with Gasteiger partial charge in [-0.3, -0.25) is 4.90 Å². The zero-order valence-electron chi connectivity index (χ0n) is 15.2. The van der Waals surface area contributed by atoms with Gasteiger partial charge in [0.2, 0.25) is 18.3 Å². The number of rotatable bonds is 6. The van der Waals surface area contributed by atoms with Crippen LogP contribution >= 0.6 is 0 Å². The Balaban J connectivity index is 1.43. The third-order valence-corrected chi connectivity index (χ3v) is 4.81. The quantitative estimate of drug-likeness (QED) is 0.757. The second-order valence-corrected chi connectivity index (χ2v) is 6.52. The van der Waals surface area contributed by atoms with Gasteiger partial charge in [-0.15, -0.1) is 0 Å². The van der Waals surface area contributed by atoms with Crippen LogP contribution < -0.4 is 18.9 Å². The van der Waals surface area contributed by atoms with Gasteiger partial charge in [0, 0.05) is 38.0 Å². The van der Waals surface area contributed by atoms with Gasteiger partial charge in [-0.2, -0.15) is 0 Å². The molecule has 0 amide bonds. The number of nitrogens with zero attached hydrogens (tertiary/aromatic N) is 2. The summed E-state index contributed by atoms with van der Waals surface area (Å²) in [5, 5.41) is 4.28.